The molecule has 10 heteroatoms. The van der Waals surface area contributed by atoms with Gasteiger partial charge in [-0.2, -0.15) is 11.8 Å². The van der Waals surface area contributed by atoms with Gasteiger partial charge in [-0.05, 0) is 12.2 Å². The maximum absolute atomic E-state index is 11.6. The van der Waals surface area contributed by atoms with Crippen LogP contribution in [0, 0.1) is 0 Å². The average Bonchev–Trinajstić information content (AvgIpc) is 2.32. The maximum Gasteiger partial charge on any atom is 0.411 e. The molecule has 2 unspecified atom stereocenters. The van der Waals surface area contributed by atoms with Crippen LogP contribution in [0.25, 0.3) is 0 Å². The molecule has 0 radical (unpaired) electrons. The molecule has 0 saturated carbocycles. The largest absolute Gasteiger partial charge is 0.481 e. The van der Waals surface area contributed by atoms with E-state index in [0.717, 1.165) is 6.92 Å². The third-order valence-electron chi connectivity index (χ3n) is 2.35. The van der Waals surface area contributed by atoms with Gasteiger partial charge < -0.3 is 20.1 Å². The van der Waals surface area contributed by atoms with Gasteiger partial charge in [-0.25, -0.2) is 4.79 Å². The third kappa shape index (κ3) is 9.19. The van der Waals surface area contributed by atoms with Crippen LogP contribution in [-0.4, -0.2) is 56.0 Å². The van der Waals surface area contributed by atoms with Gasteiger partial charge in [0.2, 0.25) is 0 Å². The van der Waals surface area contributed by atoms with Crippen molar-refractivity contribution in [1.82, 2.24) is 5.32 Å². The van der Waals surface area contributed by atoms with Crippen molar-refractivity contribution >= 4 is 35.7 Å². The normalized spacial score (nSPS) is 14.5. The lowest BCUT2D eigenvalue weighted by Gasteiger charge is -2.22. The number of rotatable bonds is 9. The summed E-state index contributed by atoms with van der Waals surface area (Å²) in [5.74, 6) is -5.17. The first-order valence-corrected chi connectivity index (χ1v) is 7.41. The van der Waals surface area contributed by atoms with Crippen LogP contribution in [-0.2, 0) is 19.1 Å². The van der Waals surface area contributed by atoms with E-state index in [0.29, 0.717) is 12.2 Å². The Morgan fingerprint density at radius 3 is 2.36 bits per heavy atom. The maximum atomic E-state index is 11.6. The second-order valence-electron chi connectivity index (χ2n) is 4.60. The molecule has 2 atom stereocenters. The number of carboxylic acids is 1. The second kappa shape index (κ2) is 9.26. The minimum absolute atomic E-state index is 0.0359. The van der Waals surface area contributed by atoms with Gasteiger partial charge in [-0.15, -0.1) is 0 Å². The Labute approximate surface area is 131 Å². The van der Waals surface area contributed by atoms with E-state index in [-0.39, 0.29) is 18.1 Å². The number of esters is 1. The lowest BCUT2D eigenvalue weighted by molar-refractivity contribution is -0.205. The molecule has 4 N–H and O–H groups in total. The average molecular weight is 337 g/mol. The number of thioether (sulfide) groups is 1. The summed E-state index contributed by atoms with van der Waals surface area (Å²) in [7, 11) is 0. The van der Waals surface area contributed by atoms with Crippen LogP contribution in [0.3, 0.4) is 0 Å². The monoisotopic (exact) mass is 337 g/mol. The van der Waals surface area contributed by atoms with Gasteiger partial charge in [-0.1, -0.05) is 6.92 Å². The Balaban J connectivity index is 4.17. The summed E-state index contributed by atoms with van der Waals surface area (Å²) in [5.41, 5.74) is 0. The lowest BCUT2D eigenvalue weighted by Crippen LogP contribution is -2.49. The minimum atomic E-state index is -2.58. The Hall–Kier alpha value is -1.81. The lowest BCUT2D eigenvalue weighted by atomic mass is 10.3. The summed E-state index contributed by atoms with van der Waals surface area (Å²) in [4.78, 5) is 43.5. The highest BCUT2D eigenvalue weighted by atomic mass is 32.2. The first kappa shape index (κ1) is 20.2. The molecule has 126 valence electrons. The number of aliphatic carboxylic acids is 1. The van der Waals surface area contributed by atoms with Crippen molar-refractivity contribution in [3.05, 3.63) is 0 Å². The van der Waals surface area contributed by atoms with Gasteiger partial charge in [0.05, 0.1) is 6.42 Å². The fraction of sp³-hybridized carbons (Fsp3) is 0.667. The van der Waals surface area contributed by atoms with Crippen LogP contribution in [0.15, 0.2) is 0 Å². The number of imide groups is 1. The zero-order valence-electron chi connectivity index (χ0n) is 12.2. The predicted octanol–water partition coefficient (Wildman–Crippen LogP) is 0.409. The molecular formula is C12H19NO8S. The molecule has 9 nitrogen and oxygen atoms in total. The molecule has 2 amide bonds. The molecular weight excluding hydrogens is 318 g/mol. The van der Waals surface area contributed by atoms with Crippen molar-refractivity contribution in [2.75, 3.05) is 5.75 Å². The first-order valence-electron chi connectivity index (χ1n) is 6.36. The number of nitrogens with one attached hydrogen (secondary N) is 1. The van der Waals surface area contributed by atoms with Gasteiger partial charge in [0.1, 0.15) is 0 Å². The summed E-state index contributed by atoms with van der Waals surface area (Å²) in [6.45, 7) is 2.56. The Bertz CT molecular complexity index is 437. The summed E-state index contributed by atoms with van der Waals surface area (Å²) in [6.07, 6.45) is -1.30. The van der Waals surface area contributed by atoms with Crippen molar-refractivity contribution in [3.8, 4) is 0 Å². The van der Waals surface area contributed by atoms with Crippen molar-refractivity contribution in [1.29, 1.82) is 0 Å². The van der Waals surface area contributed by atoms with Crippen LogP contribution in [0.5, 0.6) is 0 Å². The number of carbonyl (C=O) groups excluding carboxylic acids is 2. The Morgan fingerprint density at radius 2 is 1.86 bits per heavy atom. The highest BCUT2D eigenvalue weighted by Gasteiger charge is 2.36. The van der Waals surface area contributed by atoms with Crippen LogP contribution in [0.1, 0.15) is 33.1 Å². The molecule has 0 aliphatic rings. The van der Waals surface area contributed by atoms with Gasteiger partial charge in [-0.3, -0.25) is 19.7 Å². The van der Waals surface area contributed by atoms with E-state index < -0.39 is 29.7 Å². The molecule has 0 spiro atoms. The predicted molar refractivity (Wildman–Crippen MR) is 76.3 cm³/mol. The first-order chi connectivity index (χ1) is 10.0. The summed E-state index contributed by atoms with van der Waals surface area (Å²) in [6, 6.07) is 0. The van der Waals surface area contributed by atoms with Crippen molar-refractivity contribution in [3.63, 3.8) is 0 Å². The SMILES string of the molecule is CC(CC(=O)OC(C)(O)C(=O)NC(=O)O)SCCCC(=O)O. The quantitative estimate of drug-likeness (QED) is 0.266. The van der Waals surface area contributed by atoms with E-state index in [1.807, 2.05) is 0 Å². The zero-order valence-corrected chi connectivity index (χ0v) is 13.0. The Morgan fingerprint density at radius 1 is 1.27 bits per heavy atom. The molecule has 22 heavy (non-hydrogen) atoms. The number of hydrogen-bond acceptors (Lipinski definition) is 7. The number of carboxylic acid groups (broad SMARTS) is 2. The van der Waals surface area contributed by atoms with Crippen molar-refractivity contribution < 1.29 is 39.2 Å². The Kier molecular flexibility index (Phi) is 8.50. The van der Waals surface area contributed by atoms with E-state index in [9.17, 15) is 24.3 Å². The molecule has 0 aliphatic heterocycles. The molecule has 0 saturated heterocycles. The summed E-state index contributed by atoms with van der Waals surface area (Å²) in [5, 5.41) is 27.6. The van der Waals surface area contributed by atoms with E-state index in [2.05, 4.69) is 4.74 Å². The van der Waals surface area contributed by atoms with Crippen molar-refractivity contribution in [2.45, 2.75) is 44.1 Å². The van der Waals surface area contributed by atoms with Crippen LogP contribution < -0.4 is 5.32 Å². The highest BCUT2D eigenvalue weighted by Crippen LogP contribution is 2.18. The van der Waals surface area contributed by atoms with Gasteiger partial charge in [0.25, 0.3) is 5.79 Å². The van der Waals surface area contributed by atoms with Gasteiger partial charge in [0.15, 0.2) is 0 Å². The molecule has 0 fully saturated rings. The van der Waals surface area contributed by atoms with Crippen molar-refractivity contribution in [2.24, 2.45) is 0 Å². The second-order valence-corrected chi connectivity index (χ2v) is 6.15. The van der Waals surface area contributed by atoms with E-state index in [1.165, 1.54) is 17.1 Å². The molecule has 0 heterocycles. The van der Waals surface area contributed by atoms with Gasteiger partial charge >= 0.3 is 23.9 Å². The number of ether oxygens (including phenoxy) is 1. The third-order valence-corrected chi connectivity index (χ3v) is 3.61. The number of aliphatic hydroxyl groups is 1. The van der Waals surface area contributed by atoms with E-state index >= 15 is 0 Å². The van der Waals surface area contributed by atoms with E-state index in [1.54, 1.807) is 6.92 Å². The molecule has 0 aromatic rings. The summed E-state index contributed by atoms with van der Waals surface area (Å²) >= 11 is 1.35. The van der Waals surface area contributed by atoms with E-state index in [4.69, 9.17) is 10.2 Å². The smallest absolute Gasteiger partial charge is 0.411 e. The number of hydrogen-bond donors (Lipinski definition) is 4. The van der Waals surface area contributed by atoms with Crippen LogP contribution >= 0.6 is 11.8 Å². The molecule has 0 bridgehead atoms. The van der Waals surface area contributed by atoms with Gasteiger partial charge in [0, 0.05) is 18.6 Å². The summed E-state index contributed by atoms with van der Waals surface area (Å²) < 4.78 is 4.55. The fourth-order valence-electron chi connectivity index (χ4n) is 1.32. The zero-order chi connectivity index (χ0) is 17.3. The van der Waals surface area contributed by atoms with Crippen LogP contribution in [0.4, 0.5) is 4.79 Å². The topological polar surface area (TPSA) is 150 Å². The molecule has 0 aromatic heterocycles. The fourth-order valence-corrected chi connectivity index (χ4v) is 2.29. The standard InChI is InChI=1S/C12H19NO8S/c1-7(22-5-3-4-8(14)15)6-9(16)21-12(2,20)10(17)13-11(18)19/h7,20H,3-6H2,1-2H3,(H,13,17)(H,14,15)(H,18,19). The molecule has 0 aliphatic carbocycles. The van der Waals surface area contributed by atoms with Crippen LogP contribution in [0.2, 0.25) is 0 Å². The molecule has 0 aromatic carbocycles. The highest BCUT2D eigenvalue weighted by molar-refractivity contribution is 7.99. The number of amides is 2. The number of carbonyl (C=O) groups is 4. The minimum Gasteiger partial charge on any atom is -0.481 e. The molecule has 0 rings (SSSR count).